The maximum Gasteiger partial charge on any atom is 0.0725 e. The van der Waals surface area contributed by atoms with Gasteiger partial charge in [0.15, 0.2) is 0 Å². The molecule has 1 saturated carbocycles. The number of aryl methyl sites for hydroxylation is 1. The van der Waals surface area contributed by atoms with E-state index in [0.29, 0.717) is 6.04 Å². The van der Waals surface area contributed by atoms with Crippen LogP contribution in [0.3, 0.4) is 0 Å². The van der Waals surface area contributed by atoms with Crippen LogP contribution in [0.1, 0.15) is 51.0 Å². The van der Waals surface area contributed by atoms with E-state index < -0.39 is 0 Å². The number of fused-ring (bicyclic) bond motifs is 1. The molecule has 0 saturated heterocycles. The second kappa shape index (κ2) is 8.85. The van der Waals surface area contributed by atoms with E-state index in [1.165, 1.54) is 61.7 Å². The second-order valence-corrected chi connectivity index (χ2v) is 8.45. The third-order valence-corrected chi connectivity index (χ3v) is 5.87. The summed E-state index contributed by atoms with van der Waals surface area (Å²) < 4.78 is 0. The molecule has 1 atom stereocenters. The quantitative estimate of drug-likeness (QED) is 0.644. The van der Waals surface area contributed by atoms with Gasteiger partial charge < -0.3 is 9.80 Å². The van der Waals surface area contributed by atoms with Crippen LogP contribution in [0.15, 0.2) is 30.5 Å². The lowest BCUT2D eigenvalue weighted by Crippen LogP contribution is -2.37. The van der Waals surface area contributed by atoms with Crippen molar-refractivity contribution in [1.29, 1.82) is 0 Å². The van der Waals surface area contributed by atoms with E-state index in [1.807, 2.05) is 6.20 Å². The molecule has 0 spiro atoms. The number of rotatable bonds is 8. The lowest BCUT2D eigenvalue weighted by Gasteiger charge is -2.35. The zero-order chi connectivity index (χ0) is 18.5. The van der Waals surface area contributed by atoms with E-state index >= 15 is 0 Å². The molecule has 1 unspecified atom stereocenters. The Balaban J connectivity index is 1.86. The fourth-order valence-electron chi connectivity index (χ4n) is 4.34. The molecule has 1 fully saturated rings. The van der Waals surface area contributed by atoms with E-state index in [0.717, 1.165) is 18.0 Å². The summed E-state index contributed by atoms with van der Waals surface area (Å²) in [6.45, 7) is 6.91. The Labute approximate surface area is 159 Å². The first kappa shape index (κ1) is 19.2. The van der Waals surface area contributed by atoms with Gasteiger partial charge in [-0.15, -0.1) is 0 Å². The van der Waals surface area contributed by atoms with Crippen molar-refractivity contribution in [1.82, 2.24) is 9.88 Å². The van der Waals surface area contributed by atoms with E-state index in [4.69, 9.17) is 0 Å². The van der Waals surface area contributed by atoms with Crippen LogP contribution in [0, 0.1) is 12.8 Å². The van der Waals surface area contributed by atoms with Crippen molar-refractivity contribution in [3.05, 3.63) is 36.0 Å². The standard InChI is InChI=1S/C23H35N3/c1-18-11-12-21-22(16-18)24-14-13-23(21)26(17-20-9-5-6-10-20)19(2)8-7-15-25(3)4/h11-14,16,19-20H,5-10,15,17H2,1-4H3. The number of aromatic nitrogens is 1. The largest absolute Gasteiger partial charge is 0.368 e. The number of nitrogens with zero attached hydrogens (tertiary/aromatic N) is 3. The molecule has 0 N–H and O–H groups in total. The number of hydrogen-bond donors (Lipinski definition) is 0. The topological polar surface area (TPSA) is 19.4 Å². The van der Waals surface area contributed by atoms with E-state index in [9.17, 15) is 0 Å². The van der Waals surface area contributed by atoms with E-state index in [-0.39, 0.29) is 0 Å². The highest BCUT2D eigenvalue weighted by Crippen LogP contribution is 2.33. The van der Waals surface area contributed by atoms with Crippen LogP contribution in [0.25, 0.3) is 10.9 Å². The third kappa shape index (κ3) is 4.76. The molecule has 0 aliphatic heterocycles. The number of pyridine rings is 1. The van der Waals surface area contributed by atoms with Crippen molar-refractivity contribution in [2.45, 2.75) is 58.4 Å². The highest BCUT2D eigenvalue weighted by atomic mass is 15.2. The minimum absolute atomic E-state index is 0.558. The number of hydrogen-bond acceptors (Lipinski definition) is 3. The average molecular weight is 354 g/mol. The van der Waals surface area contributed by atoms with Gasteiger partial charge in [-0.2, -0.15) is 0 Å². The number of anilines is 1. The molecule has 1 aliphatic rings. The van der Waals surface area contributed by atoms with Gasteiger partial charge in [-0.05, 0) is 83.8 Å². The molecule has 3 heteroatoms. The van der Waals surface area contributed by atoms with E-state index in [1.54, 1.807) is 0 Å². The third-order valence-electron chi connectivity index (χ3n) is 5.87. The Hall–Kier alpha value is -1.61. The maximum atomic E-state index is 4.63. The van der Waals surface area contributed by atoms with Gasteiger partial charge in [-0.3, -0.25) is 4.98 Å². The summed E-state index contributed by atoms with van der Waals surface area (Å²) in [5, 5.41) is 1.30. The minimum Gasteiger partial charge on any atom is -0.368 e. The second-order valence-electron chi connectivity index (χ2n) is 8.45. The fourth-order valence-corrected chi connectivity index (χ4v) is 4.34. The summed E-state index contributed by atoms with van der Waals surface area (Å²) in [6.07, 6.45) is 10.1. The molecular formula is C23H35N3. The predicted octanol–water partition coefficient (Wildman–Crippen LogP) is 5.27. The molecule has 0 bridgehead atoms. The summed E-state index contributed by atoms with van der Waals surface area (Å²) in [6, 6.07) is 9.49. The molecule has 1 heterocycles. The lowest BCUT2D eigenvalue weighted by molar-refractivity contribution is 0.380. The van der Waals surface area contributed by atoms with Gasteiger partial charge in [0.25, 0.3) is 0 Å². The van der Waals surface area contributed by atoms with Gasteiger partial charge in [-0.25, -0.2) is 0 Å². The van der Waals surface area contributed by atoms with Gasteiger partial charge in [-0.1, -0.05) is 25.0 Å². The SMILES string of the molecule is Cc1ccc2c(N(CC3CCCC3)C(C)CCCN(C)C)ccnc2c1. The summed E-state index contributed by atoms with van der Waals surface area (Å²) in [5.41, 5.74) is 3.78. The molecule has 26 heavy (non-hydrogen) atoms. The Bertz CT molecular complexity index is 704. The Morgan fingerprint density at radius 2 is 1.92 bits per heavy atom. The summed E-state index contributed by atoms with van der Waals surface area (Å²) in [4.78, 5) is 9.60. The van der Waals surface area contributed by atoms with Gasteiger partial charge in [0.05, 0.1) is 5.52 Å². The molecule has 142 valence electrons. The van der Waals surface area contributed by atoms with Crippen LogP contribution in [-0.2, 0) is 0 Å². The van der Waals surface area contributed by atoms with Crippen LogP contribution in [0.4, 0.5) is 5.69 Å². The summed E-state index contributed by atoms with van der Waals surface area (Å²) in [7, 11) is 4.33. The first-order valence-electron chi connectivity index (χ1n) is 10.3. The van der Waals surface area contributed by atoms with Gasteiger partial charge in [0, 0.05) is 29.9 Å². The number of benzene rings is 1. The summed E-state index contributed by atoms with van der Waals surface area (Å²) >= 11 is 0. The normalized spacial score (nSPS) is 16.5. The highest BCUT2D eigenvalue weighted by Gasteiger charge is 2.23. The van der Waals surface area contributed by atoms with Gasteiger partial charge >= 0.3 is 0 Å². The van der Waals surface area contributed by atoms with Crippen LogP contribution in [0.5, 0.6) is 0 Å². The highest BCUT2D eigenvalue weighted by molar-refractivity contribution is 5.92. The molecule has 1 aliphatic carbocycles. The smallest absolute Gasteiger partial charge is 0.0725 e. The predicted molar refractivity (Wildman–Crippen MR) is 113 cm³/mol. The molecule has 0 radical (unpaired) electrons. The van der Waals surface area contributed by atoms with Crippen molar-refractivity contribution < 1.29 is 0 Å². The molecule has 3 rings (SSSR count). The molecule has 1 aromatic heterocycles. The first-order chi connectivity index (χ1) is 12.5. The molecular weight excluding hydrogens is 318 g/mol. The first-order valence-corrected chi connectivity index (χ1v) is 10.3. The van der Waals surface area contributed by atoms with Crippen LogP contribution >= 0.6 is 0 Å². The average Bonchev–Trinajstić information content (AvgIpc) is 3.11. The lowest BCUT2D eigenvalue weighted by atomic mass is 10.0. The van der Waals surface area contributed by atoms with Crippen molar-refractivity contribution >= 4 is 16.6 Å². The van der Waals surface area contributed by atoms with Crippen molar-refractivity contribution in [3.63, 3.8) is 0 Å². The Morgan fingerprint density at radius 3 is 2.65 bits per heavy atom. The molecule has 2 aromatic rings. The van der Waals surface area contributed by atoms with Crippen LogP contribution in [-0.4, -0.2) is 43.1 Å². The van der Waals surface area contributed by atoms with Crippen molar-refractivity contribution in [2.24, 2.45) is 5.92 Å². The molecule has 1 aromatic carbocycles. The fraction of sp³-hybridized carbons (Fsp3) is 0.609. The van der Waals surface area contributed by atoms with Crippen molar-refractivity contribution in [3.8, 4) is 0 Å². The summed E-state index contributed by atoms with van der Waals surface area (Å²) in [5.74, 6) is 0.847. The maximum absolute atomic E-state index is 4.63. The van der Waals surface area contributed by atoms with E-state index in [2.05, 4.69) is 67.0 Å². The molecule has 3 nitrogen and oxygen atoms in total. The van der Waals surface area contributed by atoms with Crippen LogP contribution < -0.4 is 4.90 Å². The Morgan fingerprint density at radius 1 is 1.15 bits per heavy atom. The minimum atomic E-state index is 0.558. The van der Waals surface area contributed by atoms with Gasteiger partial charge in [0.2, 0.25) is 0 Å². The van der Waals surface area contributed by atoms with Crippen molar-refractivity contribution in [2.75, 3.05) is 32.1 Å². The van der Waals surface area contributed by atoms with Crippen LogP contribution in [0.2, 0.25) is 0 Å². The monoisotopic (exact) mass is 353 g/mol. The zero-order valence-corrected chi connectivity index (χ0v) is 17.0. The Kier molecular flexibility index (Phi) is 6.53. The molecule has 0 amide bonds. The zero-order valence-electron chi connectivity index (χ0n) is 17.0. The van der Waals surface area contributed by atoms with Gasteiger partial charge in [0.1, 0.15) is 0 Å².